The van der Waals surface area contributed by atoms with E-state index >= 15 is 0 Å². The number of aliphatic hydroxyl groups is 1. The van der Waals surface area contributed by atoms with Gasteiger partial charge in [-0.1, -0.05) is 0 Å². The number of ether oxygens (including phenoxy) is 1. The van der Waals surface area contributed by atoms with Gasteiger partial charge in [0.1, 0.15) is 17.4 Å². The number of carbonyl (C=O) groups excluding carboxylic acids is 1. The first-order valence-electron chi connectivity index (χ1n) is 10.6. The van der Waals surface area contributed by atoms with Crippen LogP contribution in [0.5, 0.6) is 0 Å². The van der Waals surface area contributed by atoms with E-state index in [1.807, 2.05) is 4.90 Å². The quantitative estimate of drug-likeness (QED) is 0.720. The highest BCUT2D eigenvalue weighted by Gasteiger charge is 2.29. The van der Waals surface area contributed by atoms with Crippen molar-refractivity contribution in [1.82, 2.24) is 9.88 Å². The van der Waals surface area contributed by atoms with Crippen LogP contribution in [0.4, 0.5) is 17.2 Å². The predicted molar refractivity (Wildman–Crippen MR) is 124 cm³/mol. The molecule has 3 aliphatic rings. The van der Waals surface area contributed by atoms with Gasteiger partial charge in [-0.05, 0) is 36.4 Å². The van der Waals surface area contributed by atoms with Crippen LogP contribution in [0.1, 0.15) is 18.1 Å². The van der Waals surface area contributed by atoms with Gasteiger partial charge in [-0.2, -0.15) is 0 Å². The summed E-state index contributed by atoms with van der Waals surface area (Å²) < 4.78 is 5.44. The number of morpholine rings is 1. The van der Waals surface area contributed by atoms with Gasteiger partial charge in [-0.3, -0.25) is 9.79 Å². The fourth-order valence-electron chi connectivity index (χ4n) is 4.02. The van der Waals surface area contributed by atoms with Crippen molar-refractivity contribution < 1.29 is 14.6 Å². The number of fused-ring (bicyclic) bond motifs is 3. The molecule has 1 aromatic heterocycles. The lowest BCUT2D eigenvalue weighted by Crippen LogP contribution is -2.36. The summed E-state index contributed by atoms with van der Waals surface area (Å²) in [5, 5.41) is 13.2. The van der Waals surface area contributed by atoms with Crippen molar-refractivity contribution in [2.75, 3.05) is 43.1 Å². The Morgan fingerprint density at radius 2 is 2.09 bits per heavy atom. The van der Waals surface area contributed by atoms with Gasteiger partial charge < -0.3 is 25.0 Å². The summed E-state index contributed by atoms with van der Waals surface area (Å²) in [6.07, 6.45) is 5.05. The third kappa shape index (κ3) is 4.06. The van der Waals surface area contributed by atoms with Gasteiger partial charge >= 0.3 is 0 Å². The highest BCUT2D eigenvalue weighted by Crippen LogP contribution is 2.32. The van der Waals surface area contributed by atoms with Crippen molar-refractivity contribution in [3.05, 3.63) is 53.7 Å². The fourth-order valence-corrected chi connectivity index (χ4v) is 4.02. The summed E-state index contributed by atoms with van der Waals surface area (Å²) in [6, 6.07) is 9.42. The highest BCUT2D eigenvalue weighted by atomic mass is 16.5. The SMILES string of the molecule is CC(=O)Nc1ccc(C(O)=CC2CN3C=Nc4cc(N5CCOCC5)ccc4C3=N2)cn1. The molecule has 5 rings (SSSR count). The van der Waals surface area contributed by atoms with E-state index in [2.05, 4.69) is 38.4 Å². The van der Waals surface area contributed by atoms with E-state index in [0.717, 1.165) is 49.1 Å². The summed E-state index contributed by atoms with van der Waals surface area (Å²) >= 11 is 0. The monoisotopic (exact) mass is 432 g/mol. The number of amidine groups is 1. The van der Waals surface area contributed by atoms with Gasteiger partial charge in [0.15, 0.2) is 0 Å². The third-order valence-corrected chi connectivity index (χ3v) is 5.59. The molecule has 0 spiro atoms. The molecule has 9 nitrogen and oxygen atoms in total. The van der Waals surface area contributed by atoms with Gasteiger partial charge in [0.2, 0.25) is 5.91 Å². The maximum absolute atomic E-state index is 11.1. The van der Waals surface area contributed by atoms with Crippen LogP contribution in [0.15, 0.2) is 52.6 Å². The minimum absolute atomic E-state index is 0.0981. The minimum Gasteiger partial charge on any atom is -0.508 e. The first-order valence-corrected chi connectivity index (χ1v) is 10.6. The van der Waals surface area contributed by atoms with Crippen LogP contribution < -0.4 is 10.2 Å². The summed E-state index contributed by atoms with van der Waals surface area (Å²) in [7, 11) is 0. The van der Waals surface area contributed by atoms with Gasteiger partial charge in [-0.25, -0.2) is 9.98 Å². The standard InChI is InChI=1S/C23H24N6O3/c1-15(30)26-22-5-2-16(12-24-22)21(31)10-17-13-29-14-25-20-11-18(28-6-8-32-9-7-28)3-4-19(20)23(29)27-17/h2-5,10-12,14,17,31H,6-9,13H2,1H3,(H,24,26,30). The van der Waals surface area contributed by atoms with Crippen molar-refractivity contribution in [1.29, 1.82) is 0 Å². The first-order chi connectivity index (χ1) is 15.6. The Bertz CT molecular complexity index is 1120. The number of amides is 1. The molecule has 0 radical (unpaired) electrons. The normalized spacial score (nSPS) is 20.0. The Morgan fingerprint density at radius 3 is 2.84 bits per heavy atom. The van der Waals surface area contributed by atoms with E-state index in [-0.39, 0.29) is 17.7 Å². The molecule has 1 unspecified atom stereocenters. The van der Waals surface area contributed by atoms with Gasteiger partial charge in [0.05, 0.1) is 37.8 Å². The number of carbonyl (C=O) groups is 1. The summed E-state index contributed by atoms with van der Waals surface area (Å²) in [4.78, 5) is 29.0. The van der Waals surface area contributed by atoms with E-state index in [1.165, 1.54) is 13.1 Å². The van der Waals surface area contributed by atoms with Crippen LogP contribution in [0, 0.1) is 0 Å². The number of aliphatic hydroxyl groups excluding tert-OH is 1. The lowest BCUT2D eigenvalue weighted by Gasteiger charge is -2.30. The zero-order valence-electron chi connectivity index (χ0n) is 17.7. The van der Waals surface area contributed by atoms with Crippen molar-refractivity contribution in [3.63, 3.8) is 0 Å². The van der Waals surface area contributed by atoms with Gasteiger partial charge in [0.25, 0.3) is 0 Å². The third-order valence-electron chi connectivity index (χ3n) is 5.59. The Labute approximate surface area is 185 Å². The summed E-state index contributed by atoms with van der Waals surface area (Å²) in [5.41, 5.74) is 3.59. The Hall–Kier alpha value is -3.72. The zero-order chi connectivity index (χ0) is 22.1. The van der Waals surface area contributed by atoms with E-state index in [4.69, 9.17) is 9.73 Å². The number of nitrogens with zero attached hydrogens (tertiary/aromatic N) is 5. The van der Waals surface area contributed by atoms with Crippen molar-refractivity contribution in [3.8, 4) is 0 Å². The number of pyridine rings is 1. The van der Waals surface area contributed by atoms with Gasteiger partial charge in [-0.15, -0.1) is 0 Å². The molecule has 0 bridgehead atoms. The van der Waals surface area contributed by atoms with Crippen molar-refractivity contribution in [2.45, 2.75) is 13.0 Å². The molecule has 9 heteroatoms. The maximum Gasteiger partial charge on any atom is 0.222 e. The number of rotatable bonds is 4. The Balaban J connectivity index is 1.34. The predicted octanol–water partition coefficient (Wildman–Crippen LogP) is 2.58. The van der Waals surface area contributed by atoms with Crippen LogP contribution in [-0.4, -0.2) is 72.0 Å². The molecule has 1 amide bonds. The molecule has 164 valence electrons. The molecule has 1 saturated heterocycles. The first kappa shape index (κ1) is 20.2. The van der Waals surface area contributed by atoms with Crippen LogP contribution in [0.25, 0.3) is 5.76 Å². The highest BCUT2D eigenvalue weighted by molar-refractivity contribution is 6.12. The second-order valence-corrected chi connectivity index (χ2v) is 7.88. The molecule has 1 fully saturated rings. The Kier molecular flexibility index (Phi) is 5.32. The Morgan fingerprint density at radius 1 is 1.25 bits per heavy atom. The molecule has 1 aromatic carbocycles. The summed E-state index contributed by atoms with van der Waals surface area (Å²) in [5.74, 6) is 1.21. The lowest BCUT2D eigenvalue weighted by molar-refractivity contribution is -0.114. The van der Waals surface area contributed by atoms with Crippen LogP contribution in [0.3, 0.4) is 0 Å². The molecular weight excluding hydrogens is 408 g/mol. The number of benzene rings is 1. The van der Waals surface area contributed by atoms with E-state index in [1.54, 1.807) is 24.5 Å². The average molecular weight is 432 g/mol. The van der Waals surface area contributed by atoms with E-state index in [0.29, 0.717) is 17.9 Å². The van der Waals surface area contributed by atoms with E-state index in [9.17, 15) is 9.90 Å². The molecule has 4 heterocycles. The number of nitrogens with one attached hydrogen (secondary N) is 1. The van der Waals surface area contributed by atoms with Crippen LogP contribution >= 0.6 is 0 Å². The number of aromatic nitrogens is 1. The zero-order valence-corrected chi connectivity index (χ0v) is 17.7. The largest absolute Gasteiger partial charge is 0.508 e. The molecule has 3 aliphatic heterocycles. The molecular formula is C23H24N6O3. The number of aliphatic imine (C=N–C) groups is 2. The number of hydrogen-bond donors (Lipinski definition) is 2. The second kappa shape index (κ2) is 8.43. The molecule has 1 atom stereocenters. The van der Waals surface area contributed by atoms with E-state index < -0.39 is 0 Å². The lowest BCUT2D eigenvalue weighted by atomic mass is 10.1. The van der Waals surface area contributed by atoms with Crippen LogP contribution in [0.2, 0.25) is 0 Å². The maximum atomic E-state index is 11.1. The molecule has 0 saturated carbocycles. The summed E-state index contributed by atoms with van der Waals surface area (Å²) in [6.45, 7) is 5.26. The molecule has 0 aliphatic carbocycles. The molecule has 2 aromatic rings. The topological polar surface area (TPSA) is 103 Å². The fraction of sp³-hybridized carbons (Fsp3) is 0.304. The van der Waals surface area contributed by atoms with Crippen molar-refractivity contribution in [2.24, 2.45) is 9.98 Å². The molecule has 32 heavy (non-hydrogen) atoms. The van der Waals surface area contributed by atoms with Crippen LogP contribution in [-0.2, 0) is 9.53 Å². The number of anilines is 2. The van der Waals surface area contributed by atoms with Gasteiger partial charge in [0, 0.05) is 43.0 Å². The van der Waals surface area contributed by atoms with Crippen molar-refractivity contribution >= 4 is 41.0 Å². The second-order valence-electron chi connectivity index (χ2n) is 7.88. The smallest absolute Gasteiger partial charge is 0.222 e. The minimum atomic E-state index is -0.212. The average Bonchev–Trinajstić information content (AvgIpc) is 3.22. The molecule has 2 N–H and O–H groups in total. The number of hydrogen-bond acceptors (Lipinski definition) is 8.